The Morgan fingerprint density at radius 2 is 2.07 bits per heavy atom. The Bertz CT molecular complexity index is 1010. The van der Waals surface area contributed by atoms with Crippen LogP contribution in [-0.2, 0) is 21.7 Å². The van der Waals surface area contributed by atoms with E-state index in [2.05, 4.69) is 5.32 Å². The van der Waals surface area contributed by atoms with Crippen molar-refractivity contribution in [1.82, 2.24) is 15.1 Å². The summed E-state index contributed by atoms with van der Waals surface area (Å²) >= 11 is 7.22. The highest BCUT2D eigenvalue weighted by Crippen LogP contribution is 2.31. The molecule has 1 aromatic carbocycles. The molecule has 0 saturated carbocycles. The van der Waals surface area contributed by atoms with Gasteiger partial charge in [-0.3, -0.25) is 24.6 Å². The summed E-state index contributed by atoms with van der Waals surface area (Å²) in [6.45, 7) is 1.31. The number of amides is 4. The van der Waals surface area contributed by atoms with Crippen molar-refractivity contribution in [3.8, 4) is 0 Å². The summed E-state index contributed by atoms with van der Waals surface area (Å²) in [5.41, 5.74) is -1.43. The molecule has 1 aliphatic heterocycles. The van der Waals surface area contributed by atoms with Crippen LogP contribution in [0.5, 0.6) is 0 Å². The predicted molar refractivity (Wildman–Crippen MR) is 106 cm³/mol. The zero-order valence-electron chi connectivity index (χ0n) is 15.5. The highest BCUT2D eigenvalue weighted by molar-refractivity contribution is 7.16. The van der Waals surface area contributed by atoms with Crippen LogP contribution in [0, 0.1) is 10.1 Å². The lowest BCUT2D eigenvalue weighted by atomic mass is 9.91. The summed E-state index contributed by atoms with van der Waals surface area (Å²) in [6.07, 6.45) is 0. The van der Waals surface area contributed by atoms with Gasteiger partial charge in [0.2, 0.25) is 5.91 Å². The highest BCUT2D eigenvalue weighted by Gasteiger charge is 2.50. The van der Waals surface area contributed by atoms with E-state index in [1.165, 1.54) is 47.4 Å². The number of nitro groups is 1. The number of benzene rings is 1. The molecular formula is C18H17ClN4O5S. The number of nitrogens with one attached hydrogen (secondary N) is 1. The van der Waals surface area contributed by atoms with Crippen LogP contribution in [0.1, 0.15) is 17.4 Å². The number of rotatable bonds is 6. The molecule has 0 radical (unpaired) electrons. The molecule has 1 N–H and O–H groups in total. The van der Waals surface area contributed by atoms with E-state index in [0.717, 1.165) is 9.78 Å². The standard InChI is InChI=1S/C18H17ClN4O5S/c1-18(11-4-3-5-12(8-11)23(27)28)16(25)22(17(26)20-18)10-15(24)21(2)9-13-6-7-14(19)29-13/h3-8H,9-10H2,1-2H3,(H,20,26). The molecule has 1 fully saturated rings. The molecule has 4 amide bonds. The molecule has 0 aliphatic carbocycles. The SMILES string of the molecule is CN(Cc1ccc(Cl)s1)C(=O)CN1C(=O)NC(C)(c2cccc([N+](=O)[O-])c2)C1=O. The molecule has 11 heteroatoms. The number of urea groups is 1. The Balaban J connectivity index is 1.75. The first-order chi connectivity index (χ1) is 13.6. The Hall–Kier alpha value is -2.98. The molecular weight excluding hydrogens is 420 g/mol. The van der Waals surface area contributed by atoms with Crippen molar-refractivity contribution < 1.29 is 19.3 Å². The van der Waals surface area contributed by atoms with Crippen LogP contribution in [-0.4, -0.2) is 46.2 Å². The first-order valence-electron chi connectivity index (χ1n) is 8.49. The van der Waals surface area contributed by atoms with E-state index in [-0.39, 0.29) is 11.3 Å². The van der Waals surface area contributed by atoms with Gasteiger partial charge in [0.1, 0.15) is 12.1 Å². The second-order valence-corrected chi connectivity index (χ2v) is 8.51. The average molecular weight is 437 g/mol. The lowest BCUT2D eigenvalue weighted by Gasteiger charge is -2.23. The van der Waals surface area contributed by atoms with Crippen LogP contribution in [0.15, 0.2) is 36.4 Å². The minimum absolute atomic E-state index is 0.199. The van der Waals surface area contributed by atoms with Crippen LogP contribution < -0.4 is 5.32 Å². The minimum Gasteiger partial charge on any atom is -0.339 e. The lowest BCUT2D eigenvalue weighted by molar-refractivity contribution is -0.385. The molecule has 9 nitrogen and oxygen atoms in total. The van der Waals surface area contributed by atoms with Gasteiger partial charge in [-0.05, 0) is 24.6 Å². The second-order valence-electron chi connectivity index (χ2n) is 6.71. The van der Waals surface area contributed by atoms with Crippen molar-refractivity contribution in [1.29, 1.82) is 0 Å². The van der Waals surface area contributed by atoms with Gasteiger partial charge in [0.25, 0.3) is 11.6 Å². The molecule has 1 aliphatic rings. The molecule has 2 aromatic rings. The maximum atomic E-state index is 12.9. The van der Waals surface area contributed by atoms with E-state index in [1.54, 1.807) is 19.2 Å². The fourth-order valence-electron chi connectivity index (χ4n) is 2.98. The third-order valence-corrected chi connectivity index (χ3v) is 5.87. The highest BCUT2D eigenvalue weighted by atomic mass is 35.5. The van der Waals surface area contributed by atoms with Gasteiger partial charge in [-0.1, -0.05) is 23.7 Å². The fraction of sp³-hybridized carbons (Fsp3) is 0.278. The van der Waals surface area contributed by atoms with Gasteiger partial charge in [-0.2, -0.15) is 0 Å². The molecule has 1 saturated heterocycles. The number of hydrogen-bond donors (Lipinski definition) is 1. The topological polar surface area (TPSA) is 113 Å². The minimum atomic E-state index is -1.50. The Morgan fingerprint density at radius 3 is 2.69 bits per heavy atom. The summed E-state index contributed by atoms with van der Waals surface area (Å²) in [5.74, 6) is -1.08. The Labute approximate surface area is 175 Å². The number of likely N-dealkylation sites (N-methyl/N-ethyl adjacent to an activating group) is 1. The van der Waals surface area contributed by atoms with Crippen molar-refractivity contribution in [2.45, 2.75) is 19.0 Å². The van der Waals surface area contributed by atoms with Crippen molar-refractivity contribution in [3.05, 3.63) is 61.3 Å². The van der Waals surface area contributed by atoms with Crippen LogP contribution in [0.2, 0.25) is 4.34 Å². The van der Waals surface area contributed by atoms with Crippen LogP contribution >= 0.6 is 22.9 Å². The van der Waals surface area contributed by atoms with Gasteiger partial charge in [0.05, 0.1) is 15.8 Å². The number of carbonyl (C=O) groups is 3. The van der Waals surface area contributed by atoms with Crippen LogP contribution in [0.25, 0.3) is 0 Å². The lowest BCUT2D eigenvalue weighted by Crippen LogP contribution is -2.43. The van der Waals surface area contributed by atoms with Crippen molar-refractivity contribution in [2.24, 2.45) is 0 Å². The quantitative estimate of drug-likeness (QED) is 0.425. The monoisotopic (exact) mass is 436 g/mol. The zero-order valence-corrected chi connectivity index (χ0v) is 17.1. The maximum absolute atomic E-state index is 12.9. The van der Waals surface area contributed by atoms with Gasteiger partial charge in [-0.25, -0.2) is 4.79 Å². The Morgan fingerprint density at radius 1 is 1.34 bits per heavy atom. The largest absolute Gasteiger partial charge is 0.339 e. The first-order valence-corrected chi connectivity index (χ1v) is 9.68. The number of hydrogen-bond acceptors (Lipinski definition) is 6. The number of nitro benzene ring substituents is 1. The normalized spacial score (nSPS) is 18.7. The van der Waals surface area contributed by atoms with Gasteiger partial charge in [-0.15, -0.1) is 11.3 Å². The van der Waals surface area contributed by atoms with Crippen molar-refractivity contribution >= 4 is 46.5 Å². The third-order valence-electron chi connectivity index (χ3n) is 4.65. The molecule has 0 spiro atoms. The molecule has 3 rings (SSSR count). The second kappa shape index (κ2) is 7.80. The number of carbonyl (C=O) groups excluding carboxylic acids is 3. The number of imide groups is 1. The van der Waals surface area contributed by atoms with E-state index in [0.29, 0.717) is 10.9 Å². The third kappa shape index (κ3) is 4.08. The van der Waals surface area contributed by atoms with E-state index >= 15 is 0 Å². The first kappa shape index (κ1) is 20.7. The van der Waals surface area contributed by atoms with Crippen molar-refractivity contribution in [3.63, 3.8) is 0 Å². The summed E-state index contributed by atoms with van der Waals surface area (Å²) in [7, 11) is 1.56. The maximum Gasteiger partial charge on any atom is 0.325 e. The van der Waals surface area contributed by atoms with E-state index < -0.39 is 34.9 Å². The number of nitrogens with zero attached hydrogens (tertiary/aromatic N) is 3. The van der Waals surface area contributed by atoms with Crippen molar-refractivity contribution in [2.75, 3.05) is 13.6 Å². The number of thiophene rings is 1. The van der Waals surface area contributed by atoms with Gasteiger partial charge >= 0.3 is 6.03 Å². The fourth-order valence-corrected chi connectivity index (χ4v) is 4.12. The molecule has 0 bridgehead atoms. The molecule has 2 heterocycles. The van der Waals surface area contributed by atoms with E-state index in [1.807, 2.05) is 0 Å². The summed E-state index contributed by atoms with van der Waals surface area (Å²) in [6, 6.07) is 8.27. The molecule has 1 atom stereocenters. The molecule has 1 unspecified atom stereocenters. The van der Waals surface area contributed by atoms with Crippen LogP contribution in [0.3, 0.4) is 0 Å². The van der Waals surface area contributed by atoms with Gasteiger partial charge in [0, 0.05) is 24.1 Å². The molecule has 1 aromatic heterocycles. The smallest absolute Gasteiger partial charge is 0.325 e. The van der Waals surface area contributed by atoms with Gasteiger partial charge in [0.15, 0.2) is 0 Å². The number of non-ortho nitro benzene ring substituents is 1. The predicted octanol–water partition coefficient (Wildman–Crippen LogP) is 2.74. The van der Waals surface area contributed by atoms with Crippen LogP contribution in [0.4, 0.5) is 10.5 Å². The molecule has 152 valence electrons. The zero-order chi connectivity index (χ0) is 21.3. The van der Waals surface area contributed by atoms with E-state index in [9.17, 15) is 24.5 Å². The summed E-state index contributed by atoms with van der Waals surface area (Å²) in [4.78, 5) is 51.4. The average Bonchev–Trinajstić information content (AvgIpc) is 3.18. The summed E-state index contributed by atoms with van der Waals surface area (Å²) in [5, 5.41) is 13.6. The Kier molecular flexibility index (Phi) is 5.58. The number of halogens is 1. The van der Waals surface area contributed by atoms with Gasteiger partial charge < -0.3 is 10.2 Å². The van der Waals surface area contributed by atoms with E-state index in [4.69, 9.17) is 11.6 Å². The molecule has 29 heavy (non-hydrogen) atoms. The summed E-state index contributed by atoms with van der Waals surface area (Å²) < 4.78 is 0.600.